The van der Waals surface area contributed by atoms with Crippen LogP contribution in [0, 0.1) is 6.07 Å². The number of halogens is 1. The number of hydrogen-bond donors (Lipinski definition) is 0. The van der Waals surface area contributed by atoms with Gasteiger partial charge in [0.25, 0.3) is 0 Å². The van der Waals surface area contributed by atoms with Gasteiger partial charge in [-0.2, -0.15) is 0 Å². The second-order valence-corrected chi connectivity index (χ2v) is 7.29. The fourth-order valence-corrected chi connectivity index (χ4v) is 4.06. The summed E-state index contributed by atoms with van der Waals surface area (Å²) in [5.74, 6) is 0.956. The molecular formula is C24H15BrOSZr. The molecule has 1 atom stereocenters. The molecule has 1 aliphatic carbocycles. The average molecular weight is 523 g/mol. The van der Waals surface area contributed by atoms with Crippen molar-refractivity contribution in [3.63, 3.8) is 0 Å². The van der Waals surface area contributed by atoms with Crippen molar-refractivity contribution >= 4 is 58.2 Å². The standard InChI is InChI=1S/C13H9.C11H6BrO.S.Zr/c1-3-7-12-10(5-1)9-11-6-2-4-8-13(11)12;12-10-6-8-5-7-3-1-2-4-9(7)11(8)13-10;;/h1-9H;1-3,5-6,10H;;/q2*-1;;+2. The van der Waals surface area contributed by atoms with Crippen molar-refractivity contribution in [2.24, 2.45) is 0 Å². The van der Waals surface area contributed by atoms with E-state index < -0.39 is 0 Å². The van der Waals surface area contributed by atoms with Crippen LogP contribution in [0.5, 0.6) is 0 Å². The fourth-order valence-electron chi connectivity index (χ4n) is 3.59. The maximum atomic E-state index is 5.59. The van der Waals surface area contributed by atoms with Crippen molar-refractivity contribution in [2.75, 3.05) is 0 Å². The molecule has 0 saturated carbocycles. The number of ether oxygens (including phenoxy) is 1. The van der Waals surface area contributed by atoms with Crippen LogP contribution in [0.15, 0.2) is 84.4 Å². The molecule has 6 rings (SSSR count). The van der Waals surface area contributed by atoms with Gasteiger partial charge in [-0.3, -0.25) is 0 Å². The average Bonchev–Trinajstić information content (AvgIpc) is 3.40. The molecule has 1 nitrogen and oxygen atoms in total. The topological polar surface area (TPSA) is 9.23 Å². The van der Waals surface area contributed by atoms with Crippen molar-refractivity contribution in [3.8, 4) is 0 Å². The van der Waals surface area contributed by atoms with E-state index in [0.29, 0.717) is 0 Å². The van der Waals surface area contributed by atoms with Gasteiger partial charge in [0, 0.05) is 0 Å². The van der Waals surface area contributed by atoms with Crippen LogP contribution in [0.25, 0.3) is 33.4 Å². The van der Waals surface area contributed by atoms with Crippen LogP contribution in [0.1, 0.15) is 0 Å². The van der Waals surface area contributed by atoms with E-state index in [1.165, 1.54) is 32.3 Å². The van der Waals surface area contributed by atoms with Crippen LogP contribution in [0.4, 0.5) is 0 Å². The maximum Gasteiger partial charge on any atom is -0.0771 e. The first-order valence-corrected chi connectivity index (χ1v) is 13.1. The van der Waals surface area contributed by atoms with Gasteiger partial charge >= 0.3 is 31.5 Å². The number of alkyl halides is 1. The Labute approximate surface area is 190 Å². The maximum absolute atomic E-state index is 5.59. The summed E-state index contributed by atoms with van der Waals surface area (Å²) in [6.45, 7) is 0. The summed E-state index contributed by atoms with van der Waals surface area (Å²) in [5.41, 5.74) is 1.17. The monoisotopic (exact) mass is 520 g/mol. The Hall–Kier alpha value is -1.61. The van der Waals surface area contributed by atoms with Crippen LogP contribution in [0.3, 0.4) is 0 Å². The van der Waals surface area contributed by atoms with Crippen LogP contribution in [-0.4, -0.2) is 5.01 Å². The first kappa shape index (κ1) is 19.7. The summed E-state index contributed by atoms with van der Waals surface area (Å²) >= 11 is 4.53. The van der Waals surface area contributed by atoms with Gasteiger partial charge < -0.3 is 4.74 Å². The van der Waals surface area contributed by atoms with E-state index in [0.717, 1.165) is 33.7 Å². The zero-order valence-electron chi connectivity index (χ0n) is 14.9. The molecule has 0 spiro atoms. The summed E-state index contributed by atoms with van der Waals surface area (Å²) < 4.78 is 5.59. The first-order valence-electron chi connectivity index (χ1n) is 8.79. The molecule has 4 heteroatoms. The van der Waals surface area contributed by atoms with Gasteiger partial charge in [0.2, 0.25) is 0 Å². The predicted octanol–water partition coefficient (Wildman–Crippen LogP) is 5.42. The molecule has 4 aromatic carbocycles. The molecule has 2 aliphatic rings. The van der Waals surface area contributed by atoms with E-state index in [2.05, 4.69) is 104 Å². The molecule has 1 unspecified atom stereocenters. The Bertz CT molecular complexity index is 1250. The summed E-state index contributed by atoms with van der Waals surface area (Å²) in [5, 5.41) is 7.69. The van der Waals surface area contributed by atoms with Gasteiger partial charge in [-0.1, -0.05) is 42.5 Å². The molecule has 0 radical (unpaired) electrons. The summed E-state index contributed by atoms with van der Waals surface area (Å²) in [6, 6.07) is 28.4. The Balaban J connectivity index is 0.000000126. The Morgan fingerprint density at radius 3 is 2.25 bits per heavy atom. The fraction of sp³-hybridized carbons (Fsp3) is 0.0417. The Kier molecular flexibility index (Phi) is 6.20. The largest absolute Gasteiger partial charge is 0.126 e. The third-order valence-corrected chi connectivity index (χ3v) is 5.20. The second kappa shape index (κ2) is 8.82. The summed E-state index contributed by atoms with van der Waals surface area (Å²) in [4.78, 5) is 0. The molecule has 28 heavy (non-hydrogen) atoms. The van der Waals surface area contributed by atoms with Crippen LogP contribution in [0.2, 0.25) is 0 Å². The molecular weight excluding hydrogens is 507 g/mol. The van der Waals surface area contributed by atoms with E-state index in [-0.39, 0.29) is 5.01 Å². The molecule has 1 heterocycles. The summed E-state index contributed by atoms with van der Waals surface area (Å²) in [6.07, 6.45) is 4.19. The summed E-state index contributed by atoms with van der Waals surface area (Å²) in [7, 11) is 4.17. The number of hydrogen-bond acceptors (Lipinski definition) is 2. The third-order valence-electron chi connectivity index (χ3n) is 4.75. The first-order chi connectivity index (χ1) is 13.8. The van der Waals surface area contributed by atoms with Gasteiger partial charge in [-0.25, -0.2) is 0 Å². The van der Waals surface area contributed by atoms with Crippen molar-refractivity contribution < 1.29 is 27.4 Å². The SMILES string of the molecule is BrC1C=C2C=c3ccc[c-]c3=C2O1.[S]=[Zr+2].c1ccc2c(c1)[cH-]c1ccccc12. The third kappa shape index (κ3) is 3.78. The van der Waals surface area contributed by atoms with E-state index in [1.54, 1.807) is 0 Å². The molecule has 134 valence electrons. The van der Waals surface area contributed by atoms with E-state index in [9.17, 15) is 0 Å². The zero-order chi connectivity index (χ0) is 19.5. The van der Waals surface area contributed by atoms with Crippen molar-refractivity contribution in [2.45, 2.75) is 5.01 Å². The van der Waals surface area contributed by atoms with Crippen molar-refractivity contribution in [1.82, 2.24) is 0 Å². The predicted molar refractivity (Wildman–Crippen MR) is 119 cm³/mol. The Morgan fingerprint density at radius 1 is 0.929 bits per heavy atom. The smallest absolute Gasteiger partial charge is 0.0771 e. The van der Waals surface area contributed by atoms with Crippen LogP contribution >= 0.6 is 24.8 Å². The second-order valence-electron chi connectivity index (χ2n) is 6.38. The number of benzene rings is 3. The van der Waals surface area contributed by atoms with Crippen molar-refractivity contribution in [1.29, 1.82) is 0 Å². The van der Waals surface area contributed by atoms with E-state index in [1.807, 2.05) is 12.1 Å². The van der Waals surface area contributed by atoms with Gasteiger partial charge in [0.05, 0.1) is 5.76 Å². The minimum absolute atomic E-state index is 0.0236. The molecule has 4 aromatic rings. The molecule has 0 N–H and O–H groups in total. The minimum atomic E-state index is 0.0236. The van der Waals surface area contributed by atoms with Gasteiger partial charge in [-0.15, -0.1) is 74.4 Å². The molecule has 0 bridgehead atoms. The number of rotatable bonds is 0. The van der Waals surface area contributed by atoms with Crippen LogP contribution < -0.4 is 10.4 Å². The molecule has 0 saturated heterocycles. The Morgan fingerprint density at radius 2 is 1.57 bits per heavy atom. The molecule has 1 aliphatic heterocycles. The zero-order valence-corrected chi connectivity index (χ0v) is 19.7. The minimum Gasteiger partial charge on any atom is -0.126 e. The normalized spacial score (nSPS) is 16.0. The van der Waals surface area contributed by atoms with Gasteiger partial charge in [-0.05, 0) is 27.6 Å². The molecule has 0 aromatic heterocycles. The van der Waals surface area contributed by atoms with Gasteiger partial charge in [0.1, 0.15) is 0 Å². The number of fused-ring (bicyclic) bond motifs is 5. The van der Waals surface area contributed by atoms with Gasteiger partial charge in [0.15, 0.2) is 5.01 Å². The van der Waals surface area contributed by atoms with Crippen molar-refractivity contribution in [3.05, 3.63) is 101 Å². The molecule has 0 amide bonds. The van der Waals surface area contributed by atoms with E-state index in [4.69, 9.17) is 4.74 Å². The molecule has 0 fully saturated rings. The van der Waals surface area contributed by atoms with Crippen LogP contribution in [-0.2, 0) is 27.4 Å². The van der Waals surface area contributed by atoms with E-state index >= 15 is 0 Å². The quantitative estimate of drug-likeness (QED) is 0.225.